The summed E-state index contributed by atoms with van der Waals surface area (Å²) >= 11 is 0. The van der Waals surface area contributed by atoms with Crippen molar-refractivity contribution in [2.24, 2.45) is 5.92 Å². The number of carbonyl (C=O) groups excluding carboxylic acids is 1. The van der Waals surface area contributed by atoms with E-state index in [1.54, 1.807) is 14.0 Å². The second kappa shape index (κ2) is 8.25. The zero-order valence-corrected chi connectivity index (χ0v) is 15.6. The summed E-state index contributed by atoms with van der Waals surface area (Å²) in [5, 5.41) is 16.1. The molecule has 1 aromatic carbocycles. The molecule has 3 N–H and O–H groups in total. The van der Waals surface area contributed by atoms with Crippen molar-refractivity contribution in [3.05, 3.63) is 29.5 Å². The van der Waals surface area contributed by atoms with Crippen LogP contribution in [-0.2, 0) is 0 Å². The maximum absolute atomic E-state index is 12.1. The van der Waals surface area contributed by atoms with Crippen LogP contribution in [0.3, 0.4) is 0 Å². The Labute approximate surface area is 148 Å². The van der Waals surface area contributed by atoms with E-state index in [2.05, 4.69) is 10.6 Å². The van der Waals surface area contributed by atoms with E-state index in [0.717, 1.165) is 28.0 Å². The first-order valence-corrected chi connectivity index (χ1v) is 8.61. The van der Waals surface area contributed by atoms with Gasteiger partial charge in [-0.25, -0.2) is 4.79 Å². The van der Waals surface area contributed by atoms with Gasteiger partial charge in [-0.1, -0.05) is 6.92 Å². The van der Waals surface area contributed by atoms with Crippen LogP contribution in [-0.4, -0.2) is 30.9 Å². The number of nitrogens with one attached hydrogen (secondary N) is 2. The predicted octanol–water partition coefficient (Wildman–Crippen LogP) is 3.52. The Morgan fingerprint density at radius 3 is 2.68 bits per heavy atom. The molecule has 0 fully saturated rings. The number of urea groups is 1. The molecule has 2 amide bonds. The molecule has 0 bridgehead atoms. The van der Waals surface area contributed by atoms with E-state index in [1.165, 1.54) is 0 Å². The van der Waals surface area contributed by atoms with E-state index in [1.807, 2.05) is 39.0 Å². The summed E-state index contributed by atoms with van der Waals surface area (Å²) in [5.41, 5.74) is 1.76. The Morgan fingerprint density at radius 2 is 2.04 bits per heavy atom. The van der Waals surface area contributed by atoms with Crippen molar-refractivity contribution in [2.45, 2.75) is 46.3 Å². The van der Waals surface area contributed by atoms with Crippen molar-refractivity contribution in [3.63, 3.8) is 0 Å². The Morgan fingerprint density at radius 1 is 1.32 bits per heavy atom. The molecule has 0 saturated heterocycles. The number of fused-ring (bicyclic) bond motifs is 1. The first kappa shape index (κ1) is 19.1. The number of aryl methyl sites for hydroxylation is 1. The van der Waals surface area contributed by atoms with Crippen LogP contribution in [0.1, 0.15) is 44.6 Å². The maximum atomic E-state index is 12.1. The van der Waals surface area contributed by atoms with E-state index in [-0.39, 0.29) is 24.1 Å². The normalized spacial score (nSPS) is 14.8. The molecule has 3 unspecified atom stereocenters. The number of carbonyl (C=O) groups is 1. The van der Waals surface area contributed by atoms with Crippen LogP contribution < -0.4 is 15.4 Å². The molecule has 3 atom stereocenters. The van der Waals surface area contributed by atoms with Gasteiger partial charge in [0.1, 0.15) is 17.1 Å². The fourth-order valence-electron chi connectivity index (χ4n) is 3.00. The minimum absolute atomic E-state index is 0.210. The van der Waals surface area contributed by atoms with Crippen molar-refractivity contribution in [1.29, 1.82) is 0 Å². The van der Waals surface area contributed by atoms with E-state index in [0.29, 0.717) is 13.0 Å². The van der Waals surface area contributed by atoms with Gasteiger partial charge in [0.25, 0.3) is 0 Å². The Hall–Kier alpha value is -2.21. The fourth-order valence-corrected chi connectivity index (χ4v) is 3.00. The number of furan rings is 1. The first-order valence-electron chi connectivity index (χ1n) is 8.61. The quantitative estimate of drug-likeness (QED) is 0.715. The molecular weight excluding hydrogens is 320 g/mol. The van der Waals surface area contributed by atoms with E-state index >= 15 is 0 Å². The van der Waals surface area contributed by atoms with Crippen LogP contribution in [0.15, 0.2) is 22.6 Å². The molecule has 1 heterocycles. The van der Waals surface area contributed by atoms with E-state index in [4.69, 9.17) is 9.15 Å². The summed E-state index contributed by atoms with van der Waals surface area (Å²) in [6, 6.07) is 5.15. The van der Waals surface area contributed by atoms with E-state index in [9.17, 15) is 9.90 Å². The van der Waals surface area contributed by atoms with Gasteiger partial charge >= 0.3 is 6.03 Å². The molecule has 25 heavy (non-hydrogen) atoms. The lowest BCUT2D eigenvalue weighted by atomic mass is 10.1. The monoisotopic (exact) mass is 348 g/mol. The van der Waals surface area contributed by atoms with Crippen molar-refractivity contribution in [2.75, 3.05) is 13.7 Å². The highest BCUT2D eigenvalue weighted by Gasteiger charge is 2.19. The predicted molar refractivity (Wildman–Crippen MR) is 97.9 cm³/mol. The van der Waals surface area contributed by atoms with Crippen LogP contribution in [0.5, 0.6) is 5.75 Å². The molecule has 0 radical (unpaired) electrons. The third kappa shape index (κ3) is 4.89. The molecule has 0 aliphatic heterocycles. The lowest BCUT2D eigenvalue weighted by Gasteiger charge is -2.17. The lowest BCUT2D eigenvalue weighted by molar-refractivity contribution is 0.163. The Kier molecular flexibility index (Phi) is 6.31. The standard InChI is InChI=1S/C19H28N2O4/c1-11(8-12(2)22)10-20-19(23)21-14(4)18-13(3)16-9-15(24-5)6-7-17(16)25-18/h6-7,9,11-12,14,22H,8,10H2,1-5H3,(H2,20,21,23). The zero-order chi connectivity index (χ0) is 18.6. The Bertz CT molecular complexity index is 724. The molecule has 2 aromatic rings. The molecule has 6 heteroatoms. The van der Waals surface area contributed by atoms with Gasteiger partial charge in [0.05, 0.1) is 19.3 Å². The SMILES string of the molecule is COc1ccc2oc(C(C)NC(=O)NCC(C)CC(C)O)c(C)c2c1. The molecule has 0 spiro atoms. The summed E-state index contributed by atoms with van der Waals surface area (Å²) in [5.74, 6) is 1.71. The maximum Gasteiger partial charge on any atom is 0.315 e. The number of aliphatic hydroxyl groups excluding tert-OH is 1. The number of benzene rings is 1. The molecule has 0 aliphatic rings. The van der Waals surface area contributed by atoms with Gasteiger partial charge < -0.3 is 24.9 Å². The van der Waals surface area contributed by atoms with Crippen molar-refractivity contribution < 1.29 is 19.1 Å². The summed E-state index contributed by atoms with van der Waals surface area (Å²) in [6.07, 6.45) is 0.286. The number of hydrogen-bond acceptors (Lipinski definition) is 4. The second-order valence-electron chi connectivity index (χ2n) is 6.72. The van der Waals surface area contributed by atoms with Crippen molar-refractivity contribution in [3.8, 4) is 5.75 Å². The molecule has 1 aromatic heterocycles. The van der Waals surface area contributed by atoms with Gasteiger partial charge in [0.2, 0.25) is 0 Å². The van der Waals surface area contributed by atoms with Gasteiger partial charge in [-0.2, -0.15) is 0 Å². The van der Waals surface area contributed by atoms with Crippen LogP contribution in [0.25, 0.3) is 11.0 Å². The van der Waals surface area contributed by atoms with Gasteiger partial charge in [-0.05, 0) is 51.3 Å². The van der Waals surface area contributed by atoms with Gasteiger partial charge in [0, 0.05) is 17.5 Å². The van der Waals surface area contributed by atoms with Gasteiger partial charge in [-0.15, -0.1) is 0 Å². The summed E-state index contributed by atoms with van der Waals surface area (Å²) in [4.78, 5) is 12.1. The number of ether oxygens (including phenoxy) is 1. The van der Waals surface area contributed by atoms with Crippen molar-refractivity contribution in [1.82, 2.24) is 10.6 Å². The summed E-state index contributed by atoms with van der Waals surface area (Å²) < 4.78 is 11.2. The largest absolute Gasteiger partial charge is 0.497 e. The number of aliphatic hydroxyl groups is 1. The van der Waals surface area contributed by atoms with Crippen LogP contribution in [0.4, 0.5) is 4.79 Å². The molecule has 0 saturated carbocycles. The van der Waals surface area contributed by atoms with Crippen LogP contribution in [0, 0.1) is 12.8 Å². The topological polar surface area (TPSA) is 83.7 Å². The van der Waals surface area contributed by atoms with E-state index < -0.39 is 0 Å². The lowest BCUT2D eigenvalue weighted by Crippen LogP contribution is -2.39. The smallest absolute Gasteiger partial charge is 0.315 e. The molecule has 0 aliphatic carbocycles. The minimum Gasteiger partial charge on any atom is -0.497 e. The number of hydrogen-bond donors (Lipinski definition) is 3. The van der Waals surface area contributed by atoms with Crippen molar-refractivity contribution >= 4 is 17.0 Å². The Balaban J connectivity index is 2.00. The first-order chi connectivity index (χ1) is 11.8. The molecule has 138 valence electrons. The minimum atomic E-state index is -0.367. The summed E-state index contributed by atoms with van der Waals surface area (Å²) in [7, 11) is 1.63. The van der Waals surface area contributed by atoms with Gasteiger partial charge in [0.15, 0.2) is 0 Å². The number of methoxy groups -OCH3 is 1. The number of amides is 2. The van der Waals surface area contributed by atoms with Crippen LogP contribution >= 0.6 is 0 Å². The summed E-state index contributed by atoms with van der Waals surface area (Å²) in [6.45, 7) is 8.12. The third-order valence-corrected chi connectivity index (χ3v) is 4.28. The van der Waals surface area contributed by atoms with Crippen LogP contribution in [0.2, 0.25) is 0 Å². The second-order valence-corrected chi connectivity index (χ2v) is 6.72. The molecule has 2 rings (SSSR count). The zero-order valence-electron chi connectivity index (χ0n) is 15.6. The molecular formula is C19H28N2O4. The molecule has 6 nitrogen and oxygen atoms in total. The number of rotatable bonds is 7. The highest BCUT2D eigenvalue weighted by atomic mass is 16.5. The van der Waals surface area contributed by atoms with Gasteiger partial charge in [-0.3, -0.25) is 0 Å². The average molecular weight is 348 g/mol. The average Bonchev–Trinajstić information content (AvgIpc) is 2.89. The fraction of sp³-hybridized carbons (Fsp3) is 0.526. The highest BCUT2D eigenvalue weighted by Crippen LogP contribution is 2.31. The third-order valence-electron chi connectivity index (χ3n) is 4.28. The highest BCUT2D eigenvalue weighted by molar-refractivity contribution is 5.84.